The van der Waals surface area contributed by atoms with Gasteiger partial charge in [-0.3, -0.25) is 14.5 Å². The van der Waals surface area contributed by atoms with Gasteiger partial charge in [-0.2, -0.15) is 0 Å². The summed E-state index contributed by atoms with van der Waals surface area (Å²) in [6.07, 6.45) is 2.32. The summed E-state index contributed by atoms with van der Waals surface area (Å²) in [5.74, 6) is -0.0530. The van der Waals surface area contributed by atoms with Crippen molar-refractivity contribution in [2.75, 3.05) is 19.6 Å². The predicted molar refractivity (Wildman–Crippen MR) is 87.7 cm³/mol. The molecule has 2 rings (SSSR count). The number of carbonyl (C=O) groups is 3. The van der Waals surface area contributed by atoms with Gasteiger partial charge in [-0.05, 0) is 44.4 Å². The summed E-state index contributed by atoms with van der Waals surface area (Å²) in [4.78, 5) is 40.3. The number of carbonyl (C=O) groups excluding carboxylic acids is 3. The second-order valence-electron chi connectivity index (χ2n) is 7.82. The molecule has 0 bridgehead atoms. The minimum absolute atomic E-state index is 0.000498. The van der Waals surface area contributed by atoms with E-state index in [9.17, 15) is 14.4 Å². The highest BCUT2D eigenvalue weighted by Crippen LogP contribution is 2.46. The van der Waals surface area contributed by atoms with Gasteiger partial charge in [0.2, 0.25) is 5.91 Å². The number of likely N-dealkylation sites (N-methyl/N-ethyl adjacent to an activating group) is 1. The molecule has 0 aromatic rings. The van der Waals surface area contributed by atoms with E-state index in [2.05, 4.69) is 26.1 Å². The lowest BCUT2D eigenvalue weighted by atomic mass is 9.64. The van der Waals surface area contributed by atoms with E-state index in [4.69, 9.17) is 0 Å². The van der Waals surface area contributed by atoms with Crippen molar-refractivity contribution >= 4 is 17.8 Å². The monoisotopic (exact) mass is 323 g/mol. The molecule has 1 N–H and O–H groups in total. The van der Waals surface area contributed by atoms with E-state index in [-0.39, 0.29) is 23.8 Å². The quantitative estimate of drug-likeness (QED) is 0.804. The zero-order valence-corrected chi connectivity index (χ0v) is 14.9. The predicted octanol–water partition coefficient (Wildman–Crippen LogP) is 1.99. The van der Waals surface area contributed by atoms with Crippen LogP contribution < -0.4 is 5.32 Å². The van der Waals surface area contributed by atoms with E-state index < -0.39 is 11.6 Å². The second-order valence-corrected chi connectivity index (χ2v) is 7.82. The van der Waals surface area contributed by atoms with Crippen LogP contribution in [0.5, 0.6) is 0 Å². The Morgan fingerprint density at radius 2 is 1.87 bits per heavy atom. The van der Waals surface area contributed by atoms with Crippen molar-refractivity contribution in [1.29, 1.82) is 0 Å². The molecule has 2 fully saturated rings. The standard InChI is InChI=1S/C17H29N3O3/c1-6-19(7-2)13(21)10-20-14(22)17(18-15(20)23)9-12(3)8-16(4,5)11-17/h12H,6-11H2,1-5H3,(H,18,23). The van der Waals surface area contributed by atoms with Gasteiger partial charge in [-0.1, -0.05) is 20.8 Å². The van der Waals surface area contributed by atoms with Gasteiger partial charge < -0.3 is 10.2 Å². The number of hydrogen-bond donors (Lipinski definition) is 1. The summed E-state index contributed by atoms with van der Waals surface area (Å²) < 4.78 is 0. The topological polar surface area (TPSA) is 69.7 Å². The van der Waals surface area contributed by atoms with Crippen molar-refractivity contribution in [3.8, 4) is 0 Å². The van der Waals surface area contributed by atoms with Gasteiger partial charge in [0.15, 0.2) is 0 Å². The summed E-state index contributed by atoms with van der Waals surface area (Å²) in [6, 6.07) is -0.430. The van der Waals surface area contributed by atoms with E-state index in [1.165, 1.54) is 0 Å². The number of rotatable bonds is 4. The van der Waals surface area contributed by atoms with Crippen molar-refractivity contribution in [2.24, 2.45) is 11.3 Å². The molecule has 130 valence electrons. The molecule has 4 amide bonds. The van der Waals surface area contributed by atoms with E-state index >= 15 is 0 Å². The lowest BCUT2D eigenvalue weighted by molar-refractivity contribution is -0.140. The van der Waals surface area contributed by atoms with Gasteiger partial charge in [0, 0.05) is 13.1 Å². The lowest BCUT2D eigenvalue weighted by Crippen LogP contribution is -2.54. The fraction of sp³-hybridized carbons (Fsp3) is 0.824. The van der Waals surface area contributed by atoms with E-state index in [0.717, 1.165) is 11.3 Å². The molecule has 2 unspecified atom stereocenters. The van der Waals surface area contributed by atoms with Gasteiger partial charge >= 0.3 is 6.03 Å². The van der Waals surface area contributed by atoms with E-state index in [1.54, 1.807) is 4.90 Å². The molecule has 2 aliphatic rings. The van der Waals surface area contributed by atoms with Crippen LogP contribution in [0.3, 0.4) is 0 Å². The summed E-state index contributed by atoms with van der Waals surface area (Å²) in [7, 11) is 0. The minimum atomic E-state index is -0.832. The maximum atomic E-state index is 12.9. The van der Waals surface area contributed by atoms with Crippen LogP contribution in [0.4, 0.5) is 4.79 Å². The van der Waals surface area contributed by atoms with Gasteiger partial charge in [0.05, 0.1) is 0 Å². The van der Waals surface area contributed by atoms with Gasteiger partial charge in [0.1, 0.15) is 12.1 Å². The normalized spacial score (nSPS) is 29.8. The molecular formula is C17H29N3O3. The Labute approximate surface area is 138 Å². The van der Waals surface area contributed by atoms with Gasteiger partial charge in [0.25, 0.3) is 5.91 Å². The number of imide groups is 1. The second kappa shape index (κ2) is 6.13. The lowest BCUT2D eigenvalue weighted by Gasteiger charge is -2.43. The molecule has 6 heteroatoms. The highest BCUT2D eigenvalue weighted by Gasteiger charge is 2.56. The Bertz CT molecular complexity index is 513. The molecule has 0 aromatic heterocycles. The SMILES string of the molecule is CCN(CC)C(=O)CN1C(=O)NC2(CC(C)CC(C)(C)C2)C1=O. The summed E-state index contributed by atoms with van der Waals surface area (Å²) in [5, 5.41) is 2.90. The molecule has 0 aromatic carbocycles. The third kappa shape index (κ3) is 3.35. The third-order valence-corrected chi connectivity index (χ3v) is 5.03. The molecule has 1 heterocycles. The third-order valence-electron chi connectivity index (χ3n) is 5.03. The van der Waals surface area contributed by atoms with Crippen molar-refractivity contribution in [3.63, 3.8) is 0 Å². The van der Waals surface area contributed by atoms with Gasteiger partial charge in [-0.25, -0.2) is 4.79 Å². The summed E-state index contributed by atoms with van der Waals surface area (Å²) in [6.45, 7) is 11.2. The first kappa shape index (κ1) is 17.8. The van der Waals surface area contributed by atoms with Crippen LogP contribution >= 0.6 is 0 Å². The molecule has 1 aliphatic carbocycles. The Morgan fingerprint density at radius 1 is 1.26 bits per heavy atom. The average molecular weight is 323 g/mol. The largest absolute Gasteiger partial charge is 0.342 e. The molecule has 1 saturated carbocycles. The molecule has 1 aliphatic heterocycles. The maximum absolute atomic E-state index is 12.9. The Hall–Kier alpha value is -1.59. The first-order valence-electron chi connectivity index (χ1n) is 8.56. The number of amides is 4. The van der Waals surface area contributed by atoms with Crippen LogP contribution in [-0.4, -0.2) is 52.8 Å². The van der Waals surface area contributed by atoms with Crippen molar-refractivity contribution in [3.05, 3.63) is 0 Å². The Kier molecular flexibility index (Phi) is 4.74. The molecule has 0 radical (unpaired) electrons. The summed E-state index contributed by atoms with van der Waals surface area (Å²) >= 11 is 0. The fourth-order valence-electron chi connectivity index (χ4n) is 4.46. The number of urea groups is 1. The van der Waals surface area contributed by atoms with E-state index in [1.807, 2.05) is 13.8 Å². The molecule has 1 spiro atoms. The molecule has 1 saturated heterocycles. The molecule has 6 nitrogen and oxygen atoms in total. The minimum Gasteiger partial charge on any atom is -0.342 e. The maximum Gasteiger partial charge on any atom is 0.325 e. The van der Waals surface area contributed by atoms with Crippen LogP contribution in [0.25, 0.3) is 0 Å². The zero-order chi connectivity index (χ0) is 17.4. The Morgan fingerprint density at radius 3 is 2.39 bits per heavy atom. The van der Waals surface area contributed by atoms with Crippen LogP contribution in [0.1, 0.15) is 53.9 Å². The first-order chi connectivity index (χ1) is 10.6. The van der Waals surface area contributed by atoms with Crippen molar-refractivity contribution in [1.82, 2.24) is 15.1 Å². The number of nitrogens with one attached hydrogen (secondary N) is 1. The highest BCUT2D eigenvalue weighted by atomic mass is 16.2. The molecule has 2 atom stereocenters. The number of hydrogen-bond acceptors (Lipinski definition) is 3. The number of nitrogens with zero attached hydrogens (tertiary/aromatic N) is 2. The fourth-order valence-corrected chi connectivity index (χ4v) is 4.46. The smallest absolute Gasteiger partial charge is 0.325 e. The van der Waals surface area contributed by atoms with Crippen molar-refractivity contribution < 1.29 is 14.4 Å². The van der Waals surface area contributed by atoms with Crippen molar-refractivity contribution in [2.45, 2.75) is 59.4 Å². The van der Waals surface area contributed by atoms with Crippen LogP contribution in [0.2, 0.25) is 0 Å². The first-order valence-corrected chi connectivity index (χ1v) is 8.56. The van der Waals surface area contributed by atoms with Crippen LogP contribution in [-0.2, 0) is 9.59 Å². The highest BCUT2D eigenvalue weighted by molar-refractivity contribution is 6.09. The Balaban J connectivity index is 2.18. The summed E-state index contributed by atoms with van der Waals surface area (Å²) in [5.41, 5.74) is -0.832. The van der Waals surface area contributed by atoms with E-state index in [0.29, 0.717) is 31.8 Å². The van der Waals surface area contributed by atoms with Gasteiger partial charge in [-0.15, -0.1) is 0 Å². The van der Waals surface area contributed by atoms with Crippen LogP contribution in [0.15, 0.2) is 0 Å². The average Bonchev–Trinajstić information content (AvgIpc) is 2.61. The molecular weight excluding hydrogens is 294 g/mol. The van der Waals surface area contributed by atoms with Crippen LogP contribution in [0, 0.1) is 11.3 Å². The molecule has 23 heavy (non-hydrogen) atoms. The zero-order valence-electron chi connectivity index (χ0n) is 14.9.